The van der Waals surface area contributed by atoms with Gasteiger partial charge in [-0.2, -0.15) is 0 Å². The average molecular weight is 535 g/mol. The zero-order chi connectivity index (χ0) is 27.6. The van der Waals surface area contributed by atoms with Crippen LogP contribution in [0.1, 0.15) is 42.9 Å². The lowest BCUT2D eigenvalue weighted by atomic mass is 9.70. The Morgan fingerprint density at radius 1 is 0.897 bits per heavy atom. The summed E-state index contributed by atoms with van der Waals surface area (Å²) in [6, 6.07) is 19.7. The number of hydrogen-bond donors (Lipinski definition) is 1. The molecule has 0 bridgehead atoms. The molecule has 1 N–H and O–H groups in total. The molecular weight excluding hydrogens is 501 g/mol. The van der Waals surface area contributed by atoms with Crippen LogP contribution >= 0.6 is 0 Å². The number of Topliss-reactive ketones (excluding diaryl/α,β-unsaturated/α-hetero) is 1. The molecule has 2 fully saturated rings. The predicted molar refractivity (Wildman–Crippen MR) is 144 cm³/mol. The van der Waals surface area contributed by atoms with Gasteiger partial charge in [-0.1, -0.05) is 48.5 Å². The number of halogens is 3. The van der Waals surface area contributed by atoms with Gasteiger partial charge in [-0.3, -0.25) is 9.59 Å². The Morgan fingerprint density at radius 3 is 2.23 bits per heavy atom. The number of carbonyl (C=O) groups is 2. The number of nitrogens with one attached hydrogen (secondary N) is 1. The van der Waals surface area contributed by atoms with E-state index in [9.17, 15) is 22.8 Å². The summed E-state index contributed by atoms with van der Waals surface area (Å²) in [4.78, 5) is 28.6. The summed E-state index contributed by atoms with van der Waals surface area (Å²) in [5.41, 5.74) is 0.971. The van der Waals surface area contributed by atoms with Crippen molar-refractivity contribution in [2.24, 2.45) is 5.92 Å². The van der Waals surface area contributed by atoms with Crippen LogP contribution in [0, 0.1) is 23.4 Å². The lowest BCUT2D eigenvalue weighted by Gasteiger charge is -2.41. The number of piperidine rings is 1. The van der Waals surface area contributed by atoms with Gasteiger partial charge in [-0.15, -0.1) is 0 Å². The molecule has 7 heteroatoms. The van der Waals surface area contributed by atoms with Crippen molar-refractivity contribution in [1.82, 2.24) is 10.2 Å². The first kappa shape index (κ1) is 27.1. The molecule has 1 amide bonds. The average Bonchev–Trinajstić information content (AvgIpc) is 3.67. The van der Waals surface area contributed by atoms with E-state index in [1.54, 1.807) is 19.1 Å². The van der Waals surface area contributed by atoms with Crippen molar-refractivity contribution in [3.63, 3.8) is 0 Å². The van der Waals surface area contributed by atoms with E-state index in [2.05, 4.69) is 10.2 Å². The molecule has 1 aliphatic carbocycles. The van der Waals surface area contributed by atoms with Crippen LogP contribution in [0.25, 0.3) is 0 Å². The van der Waals surface area contributed by atoms with Crippen molar-refractivity contribution < 1.29 is 22.8 Å². The molecule has 39 heavy (non-hydrogen) atoms. The van der Waals surface area contributed by atoms with Gasteiger partial charge in [0.05, 0.1) is 10.8 Å². The molecule has 2 aliphatic rings. The Kier molecular flexibility index (Phi) is 7.63. The van der Waals surface area contributed by atoms with Crippen LogP contribution in [0.5, 0.6) is 0 Å². The zero-order valence-electron chi connectivity index (χ0n) is 22.1. The first-order valence-corrected chi connectivity index (χ1v) is 13.5. The minimum Gasteiger partial charge on any atom is -0.355 e. The van der Waals surface area contributed by atoms with Gasteiger partial charge in [0.15, 0.2) is 11.6 Å². The molecule has 204 valence electrons. The van der Waals surface area contributed by atoms with Crippen LogP contribution < -0.4 is 5.32 Å². The third-order valence-corrected chi connectivity index (χ3v) is 8.75. The van der Waals surface area contributed by atoms with Gasteiger partial charge in [0.25, 0.3) is 0 Å². The fourth-order valence-electron chi connectivity index (χ4n) is 6.25. The summed E-state index contributed by atoms with van der Waals surface area (Å²) >= 11 is 0. The van der Waals surface area contributed by atoms with Gasteiger partial charge >= 0.3 is 0 Å². The number of benzene rings is 3. The van der Waals surface area contributed by atoms with Gasteiger partial charge in [0.1, 0.15) is 11.6 Å². The van der Waals surface area contributed by atoms with Gasteiger partial charge in [-0.05, 0) is 92.6 Å². The molecule has 2 atom stereocenters. The van der Waals surface area contributed by atoms with Crippen molar-refractivity contribution in [3.8, 4) is 0 Å². The molecule has 0 radical (unpaired) electrons. The molecule has 4 nitrogen and oxygen atoms in total. The lowest BCUT2D eigenvalue weighted by Crippen LogP contribution is -2.47. The number of amides is 1. The highest BCUT2D eigenvalue weighted by atomic mass is 19.2. The highest BCUT2D eigenvalue weighted by Gasteiger charge is 2.61. The first-order chi connectivity index (χ1) is 18.7. The molecule has 1 saturated heterocycles. The van der Waals surface area contributed by atoms with Crippen molar-refractivity contribution in [2.75, 3.05) is 26.2 Å². The maximum atomic E-state index is 14.2. The van der Waals surface area contributed by atoms with Crippen molar-refractivity contribution >= 4 is 11.7 Å². The van der Waals surface area contributed by atoms with Crippen molar-refractivity contribution in [3.05, 3.63) is 107 Å². The van der Waals surface area contributed by atoms with Gasteiger partial charge in [-0.25, -0.2) is 13.2 Å². The minimum absolute atomic E-state index is 0.0604. The Morgan fingerprint density at radius 2 is 1.59 bits per heavy atom. The van der Waals surface area contributed by atoms with Gasteiger partial charge < -0.3 is 10.2 Å². The van der Waals surface area contributed by atoms with Crippen molar-refractivity contribution in [1.29, 1.82) is 0 Å². The summed E-state index contributed by atoms with van der Waals surface area (Å²) in [6.07, 6.45) is 2.46. The van der Waals surface area contributed by atoms with E-state index in [1.165, 1.54) is 18.2 Å². The van der Waals surface area contributed by atoms with E-state index in [0.29, 0.717) is 57.4 Å². The lowest BCUT2D eigenvalue weighted by molar-refractivity contribution is -0.124. The highest BCUT2D eigenvalue weighted by molar-refractivity contribution is 5.92. The molecule has 0 spiro atoms. The SMILES string of the molecule is CC(=O)C1(c2ccccc2)CCN(CC2CC2(C(=O)NCCc2ccc(F)cc2)c2ccc(F)c(F)c2)CC1. The number of nitrogens with zero attached hydrogens (tertiary/aromatic N) is 1. The summed E-state index contributed by atoms with van der Waals surface area (Å²) in [7, 11) is 0. The second kappa shape index (κ2) is 11.0. The van der Waals surface area contributed by atoms with Crippen LogP contribution in [-0.2, 0) is 26.8 Å². The van der Waals surface area contributed by atoms with Crippen LogP contribution in [0.4, 0.5) is 13.2 Å². The molecular formula is C32H33F3N2O2. The first-order valence-electron chi connectivity index (χ1n) is 13.5. The largest absolute Gasteiger partial charge is 0.355 e. The summed E-state index contributed by atoms with van der Waals surface area (Å²) in [5, 5.41) is 2.99. The summed E-state index contributed by atoms with van der Waals surface area (Å²) in [5.74, 6) is -2.34. The number of ketones is 1. The van der Waals surface area contributed by atoms with E-state index < -0.39 is 22.5 Å². The van der Waals surface area contributed by atoms with E-state index in [-0.39, 0.29) is 23.4 Å². The topological polar surface area (TPSA) is 49.4 Å². The van der Waals surface area contributed by atoms with Crippen LogP contribution in [0.15, 0.2) is 72.8 Å². The smallest absolute Gasteiger partial charge is 0.231 e. The summed E-state index contributed by atoms with van der Waals surface area (Å²) in [6.45, 7) is 4.07. The normalized spacial score (nSPS) is 22.3. The Labute approximate surface area is 227 Å². The molecule has 1 aliphatic heterocycles. The standard InChI is InChI=1S/C32H33F3N2O2/c1-22(38)31(24-5-3-2-4-6-24)14-17-37(18-15-31)21-26-20-32(26,25-9-12-28(34)29(35)19-25)30(39)36-16-13-23-7-10-27(33)11-8-23/h2-12,19,26H,13-18,20-21H2,1H3,(H,36,39). The molecule has 2 unspecified atom stereocenters. The molecule has 0 aromatic heterocycles. The molecule has 1 heterocycles. The number of hydrogen-bond acceptors (Lipinski definition) is 3. The number of carbonyl (C=O) groups excluding carboxylic acids is 2. The minimum atomic E-state index is -0.969. The third-order valence-electron chi connectivity index (χ3n) is 8.75. The highest BCUT2D eigenvalue weighted by Crippen LogP contribution is 2.55. The molecule has 1 saturated carbocycles. The quantitative estimate of drug-likeness (QED) is 0.403. The fraction of sp³-hybridized carbons (Fsp3) is 0.375. The second-order valence-corrected chi connectivity index (χ2v) is 10.9. The third kappa shape index (κ3) is 5.37. The van der Waals surface area contributed by atoms with Gasteiger partial charge in [0, 0.05) is 13.1 Å². The van der Waals surface area contributed by atoms with Crippen molar-refractivity contribution in [2.45, 2.75) is 43.4 Å². The van der Waals surface area contributed by atoms with E-state index in [1.807, 2.05) is 30.3 Å². The molecule has 5 rings (SSSR count). The molecule has 3 aromatic carbocycles. The summed E-state index contributed by atoms with van der Waals surface area (Å²) < 4.78 is 41.2. The Balaban J connectivity index is 1.28. The fourth-order valence-corrected chi connectivity index (χ4v) is 6.25. The molecule has 3 aromatic rings. The van der Waals surface area contributed by atoms with Gasteiger partial charge in [0.2, 0.25) is 5.91 Å². The maximum Gasteiger partial charge on any atom is 0.231 e. The van der Waals surface area contributed by atoms with Crippen LogP contribution in [0.3, 0.4) is 0 Å². The Bertz CT molecular complexity index is 1340. The van der Waals surface area contributed by atoms with E-state index in [4.69, 9.17) is 0 Å². The number of likely N-dealkylation sites (tertiary alicyclic amines) is 1. The monoisotopic (exact) mass is 534 g/mol. The van der Waals surface area contributed by atoms with E-state index >= 15 is 0 Å². The zero-order valence-corrected chi connectivity index (χ0v) is 22.1. The second-order valence-electron chi connectivity index (χ2n) is 10.9. The maximum absolute atomic E-state index is 14.2. The van der Waals surface area contributed by atoms with E-state index in [0.717, 1.165) is 23.3 Å². The number of rotatable bonds is 9. The van der Waals surface area contributed by atoms with Crippen LogP contribution in [-0.4, -0.2) is 42.8 Å². The van der Waals surface area contributed by atoms with Crippen LogP contribution in [0.2, 0.25) is 0 Å². The Hall–Kier alpha value is -3.45. The predicted octanol–water partition coefficient (Wildman–Crippen LogP) is 5.34.